The van der Waals surface area contributed by atoms with Crippen molar-refractivity contribution in [2.45, 2.75) is 32.2 Å². The fourth-order valence-corrected chi connectivity index (χ4v) is 3.37. The van der Waals surface area contributed by atoms with Gasteiger partial charge in [0.25, 0.3) is 0 Å². The van der Waals surface area contributed by atoms with Crippen LogP contribution in [0.25, 0.3) is 0 Å². The molecular formula is C10H20N2O2S2. The van der Waals surface area contributed by atoms with Crippen LogP contribution in [0.4, 0.5) is 0 Å². The Morgan fingerprint density at radius 3 is 2.75 bits per heavy atom. The molecule has 4 nitrogen and oxygen atoms in total. The molecule has 1 saturated heterocycles. The molecule has 0 amide bonds. The first-order valence-electron chi connectivity index (χ1n) is 5.42. The maximum absolute atomic E-state index is 10.9. The third-order valence-corrected chi connectivity index (χ3v) is 4.28. The fourth-order valence-electron chi connectivity index (χ4n) is 1.38. The first-order chi connectivity index (χ1) is 7.29. The van der Waals surface area contributed by atoms with E-state index in [0.29, 0.717) is 13.0 Å². The number of thioether (sulfide) groups is 1. The van der Waals surface area contributed by atoms with Crippen molar-refractivity contribution in [1.82, 2.24) is 5.32 Å². The molecule has 0 bridgehead atoms. The largest absolute Gasteiger partial charge is 0.360 e. The molecular weight excluding hydrogens is 244 g/mol. The molecule has 1 aliphatic rings. The standard InChI is InChI=1S/C10H20N2O2S2/c1-10(2)5-7-15-9(12-10)11-6-4-8-16(3,13)14/h4-8H2,1-3H3,(H,11,12). The summed E-state index contributed by atoms with van der Waals surface area (Å²) in [5, 5.41) is 4.30. The van der Waals surface area contributed by atoms with Crippen molar-refractivity contribution in [3.63, 3.8) is 0 Å². The number of hydrogen-bond donors (Lipinski definition) is 1. The molecule has 0 atom stereocenters. The van der Waals surface area contributed by atoms with E-state index in [1.807, 2.05) is 0 Å². The summed E-state index contributed by atoms with van der Waals surface area (Å²) in [7, 11) is -2.85. The minimum absolute atomic E-state index is 0.112. The number of nitrogens with one attached hydrogen (secondary N) is 1. The Balaban J connectivity index is 2.35. The van der Waals surface area contributed by atoms with Gasteiger partial charge in [-0.05, 0) is 26.7 Å². The summed E-state index contributed by atoms with van der Waals surface area (Å²) in [6.45, 7) is 4.88. The fraction of sp³-hybridized carbons (Fsp3) is 0.900. The third kappa shape index (κ3) is 5.75. The van der Waals surface area contributed by atoms with Crippen LogP contribution in [0.1, 0.15) is 26.7 Å². The molecule has 0 aromatic carbocycles. The van der Waals surface area contributed by atoms with Crippen molar-refractivity contribution in [2.24, 2.45) is 4.99 Å². The normalized spacial score (nSPS) is 23.1. The summed E-state index contributed by atoms with van der Waals surface area (Å²) in [4.78, 5) is 4.39. The third-order valence-electron chi connectivity index (χ3n) is 2.34. The molecule has 0 unspecified atom stereocenters. The van der Waals surface area contributed by atoms with E-state index in [1.54, 1.807) is 11.8 Å². The summed E-state index contributed by atoms with van der Waals surface area (Å²) < 4.78 is 21.8. The lowest BCUT2D eigenvalue weighted by molar-refractivity contribution is 0.446. The van der Waals surface area contributed by atoms with Gasteiger partial charge in [0.1, 0.15) is 9.84 Å². The highest BCUT2D eigenvalue weighted by Crippen LogP contribution is 2.21. The van der Waals surface area contributed by atoms with E-state index in [1.165, 1.54) is 6.26 Å². The first kappa shape index (κ1) is 13.8. The maximum atomic E-state index is 10.9. The molecule has 0 aliphatic carbocycles. The minimum atomic E-state index is -2.85. The zero-order chi connectivity index (χ0) is 12.2. The molecule has 0 spiro atoms. The highest BCUT2D eigenvalue weighted by atomic mass is 32.2. The van der Waals surface area contributed by atoms with Gasteiger partial charge >= 0.3 is 0 Å². The second kappa shape index (κ2) is 5.40. The molecule has 94 valence electrons. The number of amidine groups is 1. The van der Waals surface area contributed by atoms with E-state index in [2.05, 4.69) is 24.2 Å². The van der Waals surface area contributed by atoms with E-state index in [4.69, 9.17) is 0 Å². The lowest BCUT2D eigenvalue weighted by Gasteiger charge is -2.32. The van der Waals surface area contributed by atoms with Gasteiger partial charge in [0.15, 0.2) is 5.17 Å². The quantitative estimate of drug-likeness (QED) is 0.777. The lowest BCUT2D eigenvalue weighted by Crippen LogP contribution is -2.46. The monoisotopic (exact) mass is 264 g/mol. The van der Waals surface area contributed by atoms with Gasteiger partial charge in [-0.15, -0.1) is 0 Å². The summed E-state index contributed by atoms with van der Waals surface area (Å²) >= 11 is 1.71. The van der Waals surface area contributed by atoms with Gasteiger partial charge in [-0.1, -0.05) is 11.8 Å². The Hall–Kier alpha value is -0.230. The van der Waals surface area contributed by atoms with Crippen LogP contribution in [0.3, 0.4) is 0 Å². The van der Waals surface area contributed by atoms with Crippen LogP contribution in [-0.2, 0) is 9.84 Å². The van der Waals surface area contributed by atoms with Crippen molar-refractivity contribution in [3.05, 3.63) is 0 Å². The smallest absolute Gasteiger partial charge is 0.156 e. The van der Waals surface area contributed by atoms with Crippen LogP contribution < -0.4 is 5.32 Å². The SMILES string of the molecule is CC1(C)CCSC(=NCCCS(C)(=O)=O)N1. The number of nitrogens with zero attached hydrogens (tertiary/aromatic N) is 1. The Kier molecular flexibility index (Phi) is 4.67. The molecule has 16 heavy (non-hydrogen) atoms. The second-order valence-electron chi connectivity index (χ2n) is 4.78. The van der Waals surface area contributed by atoms with Crippen LogP contribution in [0.2, 0.25) is 0 Å². The Bertz CT molecular complexity index is 361. The van der Waals surface area contributed by atoms with Crippen LogP contribution >= 0.6 is 11.8 Å². The molecule has 1 aliphatic heterocycles. The summed E-state index contributed by atoms with van der Waals surface area (Å²) in [5.74, 6) is 1.29. The lowest BCUT2D eigenvalue weighted by atomic mass is 10.0. The van der Waals surface area contributed by atoms with Gasteiger partial charge in [0.05, 0.1) is 5.75 Å². The molecule has 0 aromatic heterocycles. The zero-order valence-corrected chi connectivity index (χ0v) is 11.7. The van der Waals surface area contributed by atoms with E-state index in [-0.39, 0.29) is 11.3 Å². The van der Waals surface area contributed by atoms with Gasteiger partial charge in [-0.3, -0.25) is 4.99 Å². The van der Waals surface area contributed by atoms with Gasteiger partial charge < -0.3 is 5.32 Å². The van der Waals surface area contributed by atoms with Crippen LogP contribution in [-0.4, -0.2) is 43.4 Å². The van der Waals surface area contributed by atoms with Crippen LogP contribution in [0.5, 0.6) is 0 Å². The Morgan fingerprint density at radius 2 is 2.19 bits per heavy atom. The number of hydrogen-bond acceptors (Lipinski definition) is 4. The van der Waals surface area contributed by atoms with Crippen LogP contribution in [0.15, 0.2) is 4.99 Å². The maximum Gasteiger partial charge on any atom is 0.156 e. The molecule has 0 saturated carbocycles. The van der Waals surface area contributed by atoms with Crippen molar-refractivity contribution >= 4 is 26.8 Å². The average molecular weight is 264 g/mol. The second-order valence-corrected chi connectivity index (χ2v) is 8.12. The average Bonchev–Trinajstić information content (AvgIpc) is 2.09. The van der Waals surface area contributed by atoms with Gasteiger partial charge in [0.2, 0.25) is 0 Å². The molecule has 1 rings (SSSR count). The van der Waals surface area contributed by atoms with Gasteiger partial charge in [-0.25, -0.2) is 8.42 Å². The molecule has 0 aromatic rings. The molecule has 0 radical (unpaired) electrons. The topological polar surface area (TPSA) is 58.5 Å². The van der Waals surface area contributed by atoms with Crippen molar-refractivity contribution < 1.29 is 8.42 Å². The summed E-state index contributed by atoms with van der Waals surface area (Å²) in [6.07, 6.45) is 2.99. The Morgan fingerprint density at radius 1 is 1.50 bits per heavy atom. The van der Waals surface area contributed by atoms with Crippen molar-refractivity contribution in [3.8, 4) is 0 Å². The van der Waals surface area contributed by atoms with Gasteiger partial charge in [0, 0.05) is 24.1 Å². The first-order valence-corrected chi connectivity index (χ1v) is 8.46. The van der Waals surface area contributed by atoms with Crippen molar-refractivity contribution in [1.29, 1.82) is 0 Å². The van der Waals surface area contributed by atoms with Crippen molar-refractivity contribution in [2.75, 3.05) is 24.3 Å². The van der Waals surface area contributed by atoms with Crippen LogP contribution in [0, 0.1) is 0 Å². The van der Waals surface area contributed by atoms with E-state index in [0.717, 1.165) is 17.3 Å². The molecule has 6 heteroatoms. The predicted molar refractivity (Wildman–Crippen MR) is 70.9 cm³/mol. The molecule has 1 N–H and O–H groups in total. The summed E-state index contributed by atoms with van der Waals surface area (Å²) in [5.41, 5.74) is 0.112. The Labute approximate surface area is 102 Å². The number of sulfone groups is 1. The number of rotatable bonds is 4. The highest BCUT2D eigenvalue weighted by molar-refractivity contribution is 8.13. The molecule has 1 fully saturated rings. The van der Waals surface area contributed by atoms with E-state index in [9.17, 15) is 8.42 Å². The number of aliphatic imine (C=N–C) groups is 1. The van der Waals surface area contributed by atoms with E-state index >= 15 is 0 Å². The van der Waals surface area contributed by atoms with Gasteiger partial charge in [-0.2, -0.15) is 0 Å². The van der Waals surface area contributed by atoms with E-state index < -0.39 is 9.84 Å². The predicted octanol–water partition coefficient (Wildman–Crippen LogP) is 1.28. The minimum Gasteiger partial charge on any atom is -0.360 e. The summed E-state index contributed by atoms with van der Waals surface area (Å²) in [6, 6.07) is 0. The highest BCUT2D eigenvalue weighted by Gasteiger charge is 2.23. The molecule has 1 heterocycles. The zero-order valence-electron chi connectivity index (χ0n) is 10.1.